The highest BCUT2D eigenvalue weighted by molar-refractivity contribution is 14.1. The smallest absolute Gasteiger partial charge is 0.0953 e. The third-order valence-electron chi connectivity index (χ3n) is 1.98. The summed E-state index contributed by atoms with van der Waals surface area (Å²) in [5.41, 5.74) is 1.20. The van der Waals surface area contributed by atoms with E-state index < -0.39 is 0 Å². The second-order valence-corrected chi connectivity index (χ2v) is 4.24. The molecule has 0 aliphatic carbocycles. The minimum atomic E-state index is 0.0445. The van der Waals surface area contributed by atoms with E-state index in [1.165, 1.54) is 9.13 Å². The molecule has 0 fully saturated rings. The second-order valence-electron chi connectivity index (χ2n) is 3.08. The van der Waals surface area contributed by atoms with Gasteiger partial charge in [0.05, 0.1) is 6.04 Å². The fraction of sp³-hybridized carbons (Fsp3) is 0.333. The Kier molecular flexibility index (Phi) is 4.99. The standard InChI is InChI=1S/C12H14IN/c1-3-9-14-12(4-2)10-7-5-6-8-11(10)13/h2,5-8,12,14H,3,9H2,1H3. The summed E-state index contributed by atoms with van der Waals surface area (Å²) in [4.78, 5) is 0. The molecule has 0 aliphatic heterocycles. The van der Waals surface area contributed by atoms with Crippen LogP contribution in [0.15, 0.2) is 24.3 Å². The zero-order chi connectivity index (χ0) is 10.4. The van der Waals surface area contributed by atoms with Crippen molar-refractivity contribution in [1.82, 2.24) is 5.32 Å². The largest absolute Gasteiger partial charge is 0.300 e. The molecule has 0 radical (unpaired) electrons. The molecular weight excluding hydrogens is 285 g/mol. The Labute approximate surface area is 99.4 Å². The normalized spacial score (nSPS) is 12.1. The maximum absolute atomic E-state index is 5.50. The van der Waals surface area contributed by atoms with Gasteiger partial charge in [-0.1, -0.05) is 31.0 Å². The number of benzene rings is 1. The summed E-state index contributed by atoms with van der Waals surface area (Å²) in [6.45, 7) is 3.09. The van der Waals surface area contributed by atoms with Gasteiger partial charge < -0.3 is 0 Å². The maximum Gasteiger partial charge on any atom is 0.0953 e. The van der Waals surface area contributed by atoms with Gasteiger partial charge in [-0.25, -0.2) is 0 Å². The molecule has 1 N–H and O–H groups in total. The Morgan fingerprint density at radius 2 is 2.21 bits per heavy atom. The first kappa shape index (κ1) is 11.5. The van der Waals surface area contributed by atoms with E-state index in [-0.39, 0.29) is 6.04 Å². The summed E-state index contributed by atoms with van der Waals surface area (Å²) in [6, 6.07) is 8.25. The molecule has 1 unspecified atom stereocenters. The molecule has 14 heavy (non-hydrogen) atoms. The molecule has 0 aromatic heterocycles. The van der Waals surface area contributed by atoms with Crippen LogP contribution < -0.4 is 5.32 Å². The van der Waals surface area contributed by atoms with Crippen LogP contribution in [-0.2, 0) is 0 Å². The van der Waals surface area contributed by atoms with Crippen molar-refractivity contribution in [2.24, 2.45) is 0 Å². The number of nitrogens with one attached hydrogen (secondary N) is 1. The molecule has 1 atom stereocenters. The van der Waals surface area contributed by atoms with Gasteiger partial charge in [0.1, 0.15) is 0 Å². The summed E-state index contributed by atoms with van der Waals surface area (Å²) in [6.07, 6.45) is 6.60. The molecule has 0 saturated heterocycles. The molecule has 74 valence electrons. The van der Waals surface area contributed by atoms with Gasteiger partial charge >= 0.3 is 0 Å². The summed E-state index contributed by atoms with van der Waals surface area (Å²) < 4.78 is 1.22. The fourth-order valence-electron chi connectivity index (χ4n) is 1.26. The van der Waals surface area contributed by atoms with Crippen LogP contribution in [0.2, 0.25) is 0 Å². The number of hydrogen-bond acceptors (Lipinski definition) is 1. The van der Waals surface area contributed by atoms with Crippen LogP contribution in [0.4, 0.5) is 0 Å². The monoisotopic (exact) mass is 299 g/mol. The average Bonchev–Trinajstić information content (AvgIpc) is 2.21. The predicted molar refractivity (Wildman–Crippen MR) is 69.0 cm³/mol. The maximum atomic E-state index is 5.50. The lowest BCUT2D eigenvalue weighted by Gasteiger charge is -2.14. The van der Waals surface area contributed by atoms with Gasteiger partial charge in [0, 0.05) is 3.57 Å². The molecule has 1 aromatic carbocycles. The van der Waals surface area contributed by atoms with E-state index in [0.717, 1.165) is 13.0 Å². The summed E-state index contributed by atoms with van der Waals surface area (Å²) in [7, 11) is 0. The number of hydrogen-bond donors (Lipinski definition) is 1. The lowest BCUT2D eigenvalue weighted by atomic mass is 10.1. The molecule has 0 heterocycles. The van der Waals surface area contributed by atoms with E-state index in [1.54, 1.807) is 0 Å². The number of halogens is 1. The Balaban J connectivity index is 2.80. The van der Waals surface area contributed by atoms with Crippen LogP contribution in [0, 0.1) is 15.9 Å². The van der Waals surface area contributed by atoms with Crippen LogP contribution >= 0.6 is 22.6 Å². The van der Waals surface area contributed by atoms with Crippen LogP contribution in [0.3, 0.4) is 0 Å². The topological polar surface area (TPSA) is 12.0 Å². The molecule has 2 heteroatoms. The molecule has 1 rings (SSSR count). The molecule has 0 bridgehead atoms. The van der Waals surface area contributed by atoms with Gasteiger partial charge in [-0.05, 0) is 47.2 Å². The second kappa shape index (κ2) is 6.05. The third-order valence-corrected chi connectivity index (χ3v) is 2.96. The van der Waals surface area contributed by atoms with Gasteiger partial charge in [-0.2, -0.15) is 0 Å². The number of rotatable bonds is 4. The first-order valence-corrected chi connectivity index (χ1v) is 5.81. The zero-order valence-corrected chi connectivity index (χ0v) is 10.4. The SMILES string of the molecule is C#CC(NCCC)c1ccccc1I. The molecule has 1 nitrogen and oxygen atoms in total. The van der Waals surface area contributed by atoms with Crippen LogP contribution in [0.25, 0.3) is 0 Å². The van der Waals surface area contributed by atoms with Crippen molar-refractivity contribution in [2.75, 3.05) is 6.54 Å². The van der Waals surface area contributed by atoms with E-state index in [9.17, 15) is 0 Å². The van der Waals surface area contributed by atoms with Crippen molar-refractivity contribution >= 4 is 22.6 Å². The van der Waals surface area contributed by atoms with E-state index >= 15 is 0 Å². The first-order chi connectivity index (χ1) is 6.79. The molecule has 0 amide bonds. The van der Waals surface area contributed by atoms with Crippen molar-refractivity contribution in [3.05, 3.63) is 33.4 Å². The van der Waals surface area contributed by atoms with E-state index in [0.29, 0.717) is 0 Å². The summed E-state index contributed by atoms with van der Waals surface area (Å²) >= 11 is 2.32. The van der Waals surface area contributed by atoms with E-state index in [2.05, 4.69) is 52.9 Å². The van der Waals surface area contributed by atoms with Gasteiger partial charge in [0.15, 0.2) is 0 Å². The van der Waals surface area contributed by atoms with Crippen molar-refractivity contribution < 1.29 is 0 Å². The Morgan fingerprint density at radius 3 is 2.79 bits per heavy atom. The quantitative estimate of drug-likeness (QED) is 0.666. The van der Waals surface area contributed by atoms with Gasteiger partial charge in [-0.3, -0.25) is 5.32 Å². The highest BCUT2D eigenvalue weighted by Crippen LogP contribution is 2.18. The Bertz CT molecular complexity index is 327. The van der Waals surface area contributed by atoms with Crippen LogP contribution in [0.5, 0.6) is 0 Å². The summed E-state index contributed by atoms with van der Waals surface area (Å²) in [5, 5.41) is 3.34. The predicted octanol–water partition coefficient (Wildman–Crippen LogP) is 2.97. The van der Waals surface area contributed by atoms with Crippen molar-refractivity contribution in [3.63, 3.8) is 0 Å². The molecular formula is C12H14IN. The Morgan fingerprint density at radius 1 is 1.50 bits per heavy atom. The van der Waals surface area contributed by atoms with Crippen molar-refractivity contribution in [3.8, 4) is 12.3 Å². The highest BCUT2D eigenvalue weighted by Gasteiger charge is 2.09. The van der Waals surface area contributed by atoms with E-state index in [1.807, 2.05) is 12.1 Å². The zero-order valence-electron chi connectivity index (χ0n) is 8.26. The minimum Gasteiger partial charge on any atom is -0.300 e. The lowest BCUT2D eigenvalue weighted by molar-refractivity contribution is 0.624. The number of terminal acetylenes is 1. The molecule has 0 spiro atoms. The minimum absolute atomic E-state index is 0.0445. The van der Waals surface area contributed by atoms with Gasteiger partial charge in [0.2, 0.25) is 0 Å². The Hall–Kier alpha value is -0.530. The third kappa shape index (κ3) is 3.00. The average molecular weight is 299 g/mol. The highest BCUT2D eigenvalue weighted by atomic mass is 127. The molecule has 0 saturated carbocycles. The van der Waals surface area contributed by atoms with Gasteiger partial charge in [0.25, 0.3) is 0 Å². The fourth-order valence-corrected chi connectivity index (χ4v) is 1.96. The van der Waals surface area contributed by atoms with Crippen LogP contribution in [0.1, 0.15) is 24.9 Å². The first-order valence-electron chi connectivity index (χ1n) is 4.73. The van der Waals surface area contributed by atoms with E-state index in [4.69, 9.17) is 6.42 Å². The van der Waals surface area contributed by atoms with Crippen molar-refractivity contribution in [1.29, 1.82) is 0 Å². The summed E-state index contributed by atoms with van der Waals surface area (Å²) in [5.74, 6) is 2.78. The lowest BCUT2D eigenvalue weighted by Crippen LogP contribution is -2.21. The molecule has 1 aromatic rings. The molecule has 0 aliphatic rings. The van der Waals surface area contributed by atoms with Crippen molar-refractivity contribution in [2.45, 2.75) is 19.4 Å². The van der Waals surface area contributed by atoms with Gasteiger partial charge in [-0.15, -0.1) is 6.42 Å². The van der Waals surface area contributed by atoms with Crippen LogP contribution in [-0.4, -0.2) is 6.54 Å².